The number of rotatable bonds is 3. The molecule has 4 heterocycles. The zero-order valence-corrected chi connectivity index (χ0v) is 14.1. The molecule has 0 aliphatic carbocycles. The minimum absolute atomic E-state index is 0.481. The number of nitrogens with zero attached hydrogens (tertiary/aromatic N) is 4. The lowest BCUT2D eigenvalue weighted by Gasteiger charge is -2.49. The van der Waals surface area contributed by atoms with Gasteiger partial charge in [-0.05, 0) is 38.4 Å². The maximum atomic E-state index is 4.60. The van der Waals surface area contributed by atoms with Crippen molar-refractivity contribution in [2.75, 3.05) is 31.1 Å². The molecule has 5 heteroatoms. The number of aromatic nitrogens is 2. The van der Waals surface area contributed by atoms with Crippen molar-refractivity contribution in [3.8, 4) is 0 Å². The van der Waals surface area contributed by atoms with Crippen molar-refractivity contribution in [3.63, 3.8) is 0 Å². The van der Waals surface area contributed by atoms with Gasteiger partial charge in [-0.2, -0.15) is 0 Å². The predicted molar refractivity (Wildman–Crippen MR) is 90.4 cm³/mol. The zero-order chi connectivity index (χ0) is 15.2. The highest BCUT2D eigenvalue weighted by molar-refractivity contribution is 7.09. The van der Waals surface area contributed by atoms with Gasteiger partial charge in [-0.25, -0.2) is 9.97 Å². The van der Waals surface area contributed by atoms with Crippen LogP contribution in [-0.2, 0) is 6.54 Å². The Bertz CT molecular complexity index is 675. The van der Waals surface area contributed by atoms with Crippen LogP contribution >= 0.6 is 11.3 Å². The second-order valence-corrected chi connectivity index (χ2v) is 7.88. The van der Waals surface area contributed by atoms with Crippen LogP contribution in [0.2, 0.25) is 0 Å². The van der Waals surface area contributed by atoms with Gasteiger partial charge in [0.1, 0.15) is 5.82 Å². The largest absolute Gasteiger partial charge is 0.355 e. The van der Waals surface area contributed by atoms with Gasteiger partial charge in [0.05, 0.1) is 10.7 Å². The summed E-state index contributed by atoms with van der Waals surface area (Å²) >= 11 is 1.75. The van der Waals surface area contributed by atoms with Crippen LogP contribution in [0.1, 0.15) is 22.7 Å². The predicted octanol–water partition coefficient (Wildman–Crippen LogP) is 2.87. The van der Waals surface area contributed by atoms with Gasteiger partial charge in [0, 0.05) is 43.2 Å². The average molecular weight is 314 g/mol. The van der Waals surface area contributed by atoms with Crippen molar-refractivity contribution < 1.29 is 0 Å². The van der Waals surface area contributed by atoms with E-state index < -0.39 is 0 Å². The molecule has 2 aliphatic heterocycles. The second-order valence-electron chi connectivity index (χ2n) is 6.82. The molecule has 0 N–H and O–H groups in total. The summed E-state index contributed by atoms with van der Waals surface area (Å²) in [5, 5.41) is 3.37. The molecule has 2 aromatic heterocycles. The Hall–Kier alpha value is -1.46. The van der Waals surface area contributed by atoms with Crippen molar-refractivity contribution in [1.82, 2.24) is 14.9 Å². The maximum absolute atomic E-state index is 4.60. The van der Waals surface area contributed by atoms with Gasteiger partial charge in [-0.3, -0.25) is 4.90 Å². The Balaban J connectivity index is 1.37. The van der Waals surface area contributed by atoms with Crippen LogP contribution < -0.4 is 4.90 Å². The fourth-order valence-electron chi connectivity index (χ4n) is 3.85. The van der Waals surface area contributed by atoms with Crippen LogP contribution in [0.25, 0.3) is 0 Å². The van der Waals surface area contributed by atoms with E-state index in [0.29, 0.717) is 5.41 Å². The molecule has 0 saturated carbocycles. The summed E-state index contributed by atoms with van der Waals surface area (Å²) < 4.78 is 0. The Morgan fingerprint density at radius 2 is 2.14 bits per heavy atom. The molecule has 4 nitrogen and oxygen atoms in total. The third kappa shape index (κ3) is 2.52. The van der Waals surface area contributed by atoms with E-state index in [4.69, 9.17) is 0 Å². The van der Waals surface area contributed by atoms with Crippen molar-refractivity contribution >= 4 is 17.2 Å². The van der Waals surface area contributed by atoms with E-state index in [9.17, 15) is 0 Å². The fourth-order valence-corrected chi connectivity index (χ4v) is 4.46. The normalized spacial score (nSPS) is 20.5. The maximum Gasteiger partial charge on any atom is 0.131 e. The van der Waals surface area contributed by atoms with Gasteiger partial charge in [0.15, 0.2) is 0 Å². The van der Waals surface area contributed by atoms with Gasteiger partial charge in [0.2, 0.25) is 0 Å². The van der Waals surface area contributed by atoms with Crippen molar-refractivity contribution in [2.45, 2.75) is 26.8 Å². The first-order valence-corrected chi connectivity index (χ1v) is 8.82. The van der Waals surface area contributed by atoms with Crippen LogP contribution in [0.3, 0.4) is 0 Å². The summed E-state index contributed by atoms with van der Waals surface area (Å²) in [4.78, 5) is 14.1. The Morgan fingerprint density at radius 3 is 2.86 bits per heavy atom. The number of thiazole rings is 1. The zero-order valence-electron chi connectivity index (χ0n) is 13.2. The molecule has 1 spiro atoms. The van der Waals surface area contributed by atoms with Crippen LogP contribution in [0.5, 0.6) is 0 Å². The number of likely N-dealkylation sites (tertiary alicyclic amines) is 1. The number of aryl methyl sites for hydroxylation is 2. The Labute approximate surface area is 135 Å². The number of anilines is 1. The molecule has 2 fully saturated rings. The van der Waals surface area contributed by atoms with Gasteiger partial charge in [0.25, 0.3) is 0 Å². The quantitative estimate of drug-likeness (QED) is 0.872. The highest BCUT2D eigenvalue weighted by atomic mass is 32.1. The SMILES string of the molecule is Cc1nc(CN2CCC3(C2)CN(c2ncccc2C)C3)cs1. The summed E-state index contributed by atoms with van der Waals surface area (Å²) in [6.45, 7) is 9.94. The third-order valence-electron chi connectivity index (χ3n) is 4.90. The van der Waals surface area contributed by atoms with Crippen LogP contribution in [0, 0.1) is 19.3 Å². The van der Waals surface area contributed by atoms with Gasteiger partial charge in [-0.1, -0.05) is 6.07 Å². The molecular formula is C17H22N4S. The molecule has 0 atom stereocenters. The highest BCUT2D eigenvalue weighted by Gasteiger charge is 2.48. The van der Waals surface area contributed by atoms with Crippen LogP contribution in [0.4, 0.5) is 5.82 Å². The summed E-state index contributed by atoms with van der Waals surface area (Å²) in [6, 6.07) is 4.17. The van der Waals surface area contributed by atoms with E-state index in [-0.39, 0.29) is 0 Å². The van der Waals surface area contributed by atoms with Gasteiger partial charge < -0.3 is 4.90 Å². The fraction of sp³-hybridized carbons (Fsp3) is 0.529. The van der Waals surface area contributed by atoms with E-state index in [2.05, 4.69) is 45.1 Å². The van der Waals surface area contributed by atoms with E-state index in [1.807, 2.05) is 12.3 Å². The van der Waals surface area contributed by atoms with E-state index in [1.165, 1.54) is 41.6 Å². The molecule has 0 radical (unpaired) electrons. The minimum Gasteiger partial charge on any atom is -0.355 e. The molecule has 0 unspecified atom stereocenters. The Morgan fingerprint density at radius 1 is 1.27 bits per heavy atom. The highest BCUT2D eigenvalue weighted by Crippen LogP contribution is 2.42. The Kier molecular flexibility index (Phi) is 3.42. The topological polar surface area (TPSA) is 32.3 Å². The van der Waals surface area contributed by atoms with Crippen LogP contribution in [-0.4, -0.2) is 41.0 Å². The smallest absolute Gasteiger partial charge is 0.131 e. The molecule has 22 heavy (non-hydrogen) atoms. The lowest BCUT2D eigenvalue weighted by Crippen LogP contribution is -2.58. The van der Waals surface area contributed by atoms with Gasteiger partial charge >= 0.3 is 0 Å². The van der Waals surface area contributed by atoms with E-state index >= 15 is 0 Å². The summed E-state index contributed by atoms with van der Waals surface area (Å²) in [5.74, 6) is 1.17. The molecule has 2 saturated heterocycles. The van der Waals surface area contributed by atoms with Crippen molar-refractivity contribution in [2.24, 2.45) is 5.41 Å². The molecule has 0 amide bonds. The minimum atomic E-state index is 0.481. The summed E-state index contributed by atoms with van der Waals surface area (Å²) in [7, 11) is 0. The average Bonchev–Trinajstić information content (AvgIpc) is 3.05. The molecule has 0 bridgehead atoms. The van der Waals surface area contributed by atoms with Gasteiger partial charge in [-0.15, -0.1) is 11.3 Å². The van der Waals surface area contributed by atoms with Crippen LogP contribution in [0.15, 0.2) is 23.7 Å². The molecule has 116 valence electrons. The number of hydrogen-bond acceptors (Lipinski definition) is 5. The summed E-state index contributed by atoms with van der Waals surface area (Å²) in [6.07, 6.45) is 3.21. The molecule has 0 aromatic carbocycles. The first kappa shape index (κ1) is 14.2. The van der Waals surface area contributed by atoms with E-state index in [1.54, 1.807) is 11.3 Å². The second kappa shape index (κ2) is 5.32. The number of pyridine rings is 1. The van der Waals surface area contributed by atoms with Crippen molar-refractivity contribution in [3.05, 3.63) is 40.0 Å². The molecule has 4 rings (SSSR count). The first-order chi connectivity index (χ1) is 10.6. The monoisotopic (exact) mass is 314 g/mol. The molecule has 2 aliphatic rings. The lowest BCUT2D eigenvalue weighted by atomic mass is 9.79. The van der Waals surface area contributed by atoms with E-state index in [0.717, 1.165) is 19.6 Å². The lowest BCUT2D eigenvalue weighted by molar-refractivity contribution is 0.200. The summed E-state index contributed by atoms with van der Waals surface area (Å²) in [5.41, 5.74) is 3.00. The number of hydrogen-bond donors (Lipinski definition) is 0. The third-order valence-corrected chi connectivity index (χ3v) is 5.73. The standard InChI is InChI=1S/C17H22N4S/c1-13-4-3-6-18-16(13)21-11-17(12-21)5-7-20(10-17)8-15-9-22-14(2)19-15/h3-4,6,9H,5,7-8,10-12H2,1-2H3. The molecule has 2 aromatic rings. The van der Waals surface area contributed by atoms with Crippen molar-refractivity contribution in [1.29, 1.82) is 0 Å². The molecular weight excluding hydrogens is 292 g/mol. The first-order valence-electron chi connectivity index (χ1n) is 7.94.